The van der Waals surface area contributed by atoms with E-state index in [1.165, 1.54) is 22.9 Å². The van der Waals surface area contributed by atoms with Gasteiger partial charge in [-0.05, 0) is 35.4 Å². The molecular formula is C11H11NS. The van der Waals surface area contributed by atoms with Gasteiger partial charge in [-0.25, -0.2) is 0 Å². The van der Waals surface area contributed by atoms with Crippen molar-refractivity contribution >= 4 is 17.8 Å². The van der Waals surface area contributed by atoms with Crippen LogP contribution in [-0.2, 0) is 5.75 Å². The Morgan fingerprint density at radius 2 is 2.38 bits per heavy atom. The summed E-state index contributed by atoms with van der Waals surface area (Å²) >= 11 is 1.26. The maximum atomic E-state index is 8.39. The third kappa shape index (κ3) is 2.64. The van der Waals surface area contributed by atoms with Gasteiger partial charge in [-0.1, -0.05) is 30.9 Å². The molecular weight excluding hydrogens is 178 g/mol. The molecule has 2 heteroatoms. The molecule has 0 fully saturated rings. The number of benzene rings is 1. The zero-order valence-corrected chi connectivity index (χ0v) is 8.40. The minimum Gasteiger partial charge on any atom is -0.185 e. The van der Waals surface area contributed by atoms with Crippen LogP contribution in [-0.4, -0.2) is 0 Å². The molecule has 66 valence electrons. The SMILES string of the molecule is C=Cc1ccc(CSC#N)cc1C. The topological polar surface area (TPSA) is 23.8 Å². The van der Waals surface area contributed by atoms with Crippen molar-refractivity contribution in [2.24, 2.45) is 0 Å². The van der Waals surface area contributed by atoms with Crippen LogP contribution < -0.4 is 0 Å². The second-order valence-electron chi connectivity index (χ2n) is 2.78. The average Bonchev–Trinajstić information content (AvgIpc) is 2.15. The van der Waals surface area contributed by atoms with E-state index in [1.807, 2.05) is 18.2 Å². The number of thioether (sulfide) groups is 1. The molecule has 0 saturated heterocycles. The molecule has 0 aliphatic heterocycles. The Hall–Kier alpha value is -1.20. The summed E-state index contributed by atoms with van der Waals surface area (Å²) in [5.41, 5.74) is 3.56. The van der Waals surface area contributed by atoms with Gasteiger partial charge in [0, 0.05) is 5.75 Å². The fourth-order valence-electron chi connectivity index (χ4n) is 1.17. The largest absolute Gasteiger partial charge is 0.185 e. The van der Waals surface area contributed by atoms with Gasteiger partial charge in [0.2, 0.25) is 0 Å². The zero-order chi connectivity index (χ0) is 9.68. The van der Waals surface area contributed by atoms with Crippen LogP contribution in [0.4, 0.5) is 0 Å². The monoisotopic (exact) mass is 189 g/mol. The quantitative estimate of drug-likeness (QED) is 0.681. The van der Waals surface area contributed by atoms with Crippen LogP contribution in [0.3, 0.4) is 0 Å². The number of nitriles is 1. The van der Waals surface area contributed by atoms with E-state index < -0.39 is 0 Å². The summed E-state index contributed by atoms with van der Waals surface area (Å²) in [5.74, 6) is 0.759. The van der Waals surface area contributed by atoms with Gasteiger partial charge in [0.05, 0.1) is 0 Å². The number of thiocyanates is 1. The van der Waals surface area contributed by atoms with Gasteiger partial charge in [0.25, 0.3) is 0 Å². The first kappa shape index (κ1) is 9.88. The maximum Gasteiger partial charge on any atom is 0.133 e. The van der Waals surface area contributed by atoms with Crippen LogP contribution in [0.15, 0.2) is 24.8 Å². The number of rotatable bonds is 3. The van der Waals surface area contributed by atoms with Gasteiger partial charge >= 0.3 is 0 Å². The molecule has 0 heterocycles. The fourth-order valence-corrected chi connectivity index (χ4v) is 1.58. The molecule has 0 unspecified atom stereocenters. The summed E-state index contributed by atoms with van der Waals surface area (Å²) in [6.45, 7) is 5.78. The maximum absolute atomic E-state index is 8.39. The van der Waals surface area contributed by atoms with Crippen molar-refractivity contribution in [3.05, 3.63) is 41.5 Å². The van der Waals surface area contributed by atoms with Crippen molar-refractivity contribution < 1.29 is 0 Å². The lowest BCUT2D eigenvalue weighted by atomic mass is 10.1. The Morgan fingerprint density at radius 3 is 2.92 bits per heavy atom. The lowest BCUT2D eigenvalue weighted by Gasteiger charge is -2.02. The number of nitrogens with zero attached hydrogens (tertiary/aromatic N) is 1. The molecule has 0 bridgehead atoms. The minimum absolute atomic E-state index is 0.759. The highest BCUT2D eigenvalue weighted by molar-refractivity contribution is 8.02. The van der Waals surface area contributed by atoms with E-state index in [0.29, 0.717) is 0 Å². The lowest BCUT2D eigenvalue weighted by Crippen LogP contribution is -1.84. The molecule has 0 spiro atoms. The van der Waals surface area contributed by atoms with Crippen molar-refractivity contribution in [1.29, 1.82) is 5.26 Å². The van der Waals surface area contributed by atoms with E-state index in [2.05, 4.69) is 25.0 Å². The molecule has 0 saturated carbocycles. The van der Waals surface area contributed by atoms with E-state index >= 15 is 0 Å². The first-order valence-electron chi connectivity index (χ1n) is 4.00. The Labute approximate surface area is 83.1 Å². The molecule has 0 radical (unpaired) electrons. The molecule has 1 aromatic rings. The van der Waals surface area contributed by atoms with Crippen molar-refractivity contribution in [3.8, 4) is 5.40 Å². The summed E-state index contributed by atoms with van der Waals surface area (Å²) in [5, 5.41) is 10.5. The van der Waals surface area contributed by atoms with E-state index in [0.717, 1.165) is 11.3 Å². The first-order valence-corrected chi connectivity index (χ1v) is 4.99. The summed E-state index contributed by atoms with van der Waals surface area (Å²) in [6, 6.07) is 6.17. The zero-order valence-electron chi connectivity index (χ0n) is 7.58. The average molecular weight is 189 g/mol. The highest BCUT2D eigenvalue weighted by Gasteiger charge is 1.96. The molecule has 0 N–H and O–H groups in total. The molecule has 0 amide bonds. The molecule has 0 aromatic heterocycles. The van der Waals surface area contributed by atoms with Crippen molar-refractivity contribution in [2.75, 3.05) is 0 Å². The van der Waals surface area contributed by atoms with E-state index in [-0.39, 0.29) is 0 Å². The summed E-state index contributed by atoms with van der Waals surface area (Å²) in [7, 11) is 0. The first-order chi connectivity index (χ1) is 6.27. The Balaban J connectivity index is 2.84. The second-order valence-corrected chi connectivity index (χ2v) is 3.53. The highest BCUT2D eigenvalue weighted by Crippen LogP contribution is 2.16. The normalized spacial score (nSPS) is 9.23. The second kappa shape index (κ2) is 4.74. The van der Waals surface area contributed by atoms with Gasteiger partial charge in [0.1, 0.15) is 5.40 Å². The molecule has 1 aromatic carbocycles. The van der Waals surface area contributed by atoms with Crippen LogP contribution in [0.25, 0.3) is 6.08 Å². The summed E-state index contributed by atoms with van der Waals surface area (Å²) < 4.78 is 0. The third-order valence-electron chi connectivity index (χ3n) is 1.86. The van der Waals surface area contributed by atoms with Crippen LogP contribution in [0.2, 0.25) is 0 Å². The fraction of sp³-hybridized carbons (Fsp3) is 0.182. The summed E-state index contributed by atoms with van der Waals surface area (Å²) in [6.07, 6.45) is 1.84. The summed E-state index contributed by atoms with van der Waals surface area (Å²) in [4.78, 5) is 0. The lowest BCUT2D eigenvalue weighted by molar-refractivity contribution is 1.34. The number of hydrogen-bond acceptors (Lipinski definition) is 2. The smallest absolute Gasteiger partial charge is 0.133 e. The van der Waals surface area contributed by atoms with Crippen molar-refractivity contribution in [1.82, 2.24) is 0 Å². The van der Waals surface area contributed by atoms with E-state index in [4.69, 9.17) is 5.26 Å². The van der Waals surface area contributed by atoms with Gasteiger partial charge in [-0.15, -0.1) is 0 Å². The van der Waals surface area contributed by atoms with E-state index in [9.17, 15) is 0 Å². The third-order valence-corrected chi connectivity index (χ3v) is 2.46. The van der Waals surface area contributed by atoms with Crippen LogP contribution >= 0.6 is 11.8 Å². The minimum atomic E-state index is 0.759. The Bertz CT molecular complexity index is 350. The predicted molar refractivity (Wildman–Crippen MR) is 58.2 cm³/mol. The van der Waals surface area contributed by atoms with Crippen LogP contribution in [0.5, 0.6) is 0 Å². The molecule has 0 aliphatic carbocycles. The van der Waals surface area contributed by atoms with Crippen LogP contribution in [0, 0.1) is 17.6 Å². The van der Waals surface area contributed by atoms with E-state index in [1.54, 1.807) is 0 Å². The van der Waals surface area contributed by atoms with Gasteiger partial charge in [-0.3, -0.25) is 0 Å². The predicted octanol–water partition coefficient (Wildman–Crippen LogP) is 3.35. The van der Waals surface area contributed by atoms with Gasteiger partial charge in [-0.2, -0.15) is 5.26 Å². The van der Waals surface area contributed by atoms with Crippen LogP contribution in [0.1, 0.15) is 16.7 Å². The standard InChI is InChI=1S/C11H11NS/c1-3-11-5-4-10(6-9(11)2)7-13-8-12/h3-6H,1,7H2,2H3. The number of hydrogen-bond donors (Lipinski definition) is 0. The molecule has 0 aliphatic rings. The Kier molecular flexibility index (Phi) is 3.60. The Morgan fingerprint density at radius 1 is 1.62 bits per heavy atom. The van der Waals surface area contributed by atoms with Crippen molar-refractivity contribution in [3.63, 3.8) is 0 Å². The van der Waals surface area contributed by atoms with Gasteiger partial charge < -0.3 is 0 Å². The number of aryl methyl sites for hydroxylation is 1. The molecule has 13 heavy (non-hydrogen) atoms. The molecule has 1 rings (SSSR count). The van der Waals surface area contributed by atoms with Crippen molar-refractivity contribution in [2.45, 2.75) is 12.7 Å². The van der Waals surface area contributed by atoms with Gasteiger partial charge in [0.15, 0.2) is 0 Å². The molecule has 1 nitrogen and oxygen atoms in total. The highest BCUT2D eigenvalue weighted by atomic mass is 32.2. The molecule has 0 atom stereocenters.